The van der Waals surface area contributed by atoms with Gasteiger partial charge in [-0.3, -0.25) is 4.98 Å². The van der Waals surface area contributed by atoms with E-state index >= 15 is 0 Å². The molecule has 0 unspecified atom stereocenters. The Labute approximate surface area is 159 Å². The van der Waals surface area contributed by atoms with Crippen LogP contribution in [0.2, 0.25) is 0 Å². The first-order chi connectivity index (χ1) is 13.0. The third kappa shape index (κ3) is 6.36. The van der Waals surface area contributed by atoms with Gasteiger partial charge in [0.15, 0.2) is 0 Å². The number of nitrogens with two attached hydrogens (primary N) is 1. The molecular weight excluding hydrogens is 344 g/mol. The van der Waals surface area contributed by atoms with Crippen molar-refractivity contribution in [3.8, 4) is 0 Å². The fourth-order valence-electron chi connectivity index (χ4n) is 2.69. The number of esters is 1. The molecule has 0 saturated heterocycles. The maximum atomic E-state index is 12.6. The molecule has 0 aliphatic heterocycles. The molecule has 1 aromatic carbocycles. The van der Waals surface area contributed by atoms with Crippen LogP contribution in [0, 0.1) is 0 Å². The lowest BCUT2D eigenvalue weighted by Crippen LogP contribution is -2.26. The van der Waals surface area contributed by atoms with Gasteiger partial charge in [-0.05, 0) is 31.9 Å². The number of unbranched alkanes of at least 4 members (excludes halogenated alkanes) is 3. The van der Waals surface area contributed by atoms with Gasteiger partial charge in [0, 0.05) is 11.1 Å². The van der Waals surface area contributed by atoms with E-state index < -0.39 is 12.0 Å². The highest BCUT2D eigenvalue weighted by atomic mass is 16.5. The highest BCUT2D eigenvalue weighted by Crippen LogP contribution is 2.20. The number of rotatable bonds is 9. The number of aromatic nitrogens is 1. The zero-order valence-corrected chi connectivity index (χ0v) is 15.8. The van der Waals surface area contributed by atoms with E-state index in [1.54, 1.807) is 6.92 Å². The van der Waals surface area contributed by atoms with Gasteiger partial charge in [0.25, 0.3) is 0 Å². The molecule has 0 aliphatic rings. The van der Waals surface area contributed by atoms with Gasteiger partial charge in [0.1, 0.15) is 6.61 Å². The van der Waals surface area contributed by atoms with Gasteiger partial charge in [-0.25, -0.2) is 15.0 Å². The second-order valence-corrected chi connectivity index (χ2v) is 6.39. The molecule has 1 aromatic heterocycles. The molecule has 0 aliphatic carbocycles. The first-order valence-corrected chi connectivity index (χ1v) is 9.15. The number of hydrogen-bond acceptors (Lipinski definition) is 5. The van der Waals surface area contributed by atoms with Crippen LogP contribution in [-0.4, -0.2) is 29.3 Å². The zero-order chi connectivity index (χ0) is 19.6. The lowest BCUT2D eigenvalue weighted by atomic mass is 10.0. The van der Waals surface area contributed by atoms with Crippen molar-refractivity contribution in [2.75, 3.05) is 6.61 Å². The minimum atomic E-state index is -0.770. The van der Waals surface area contributed by atoms with Gasteiger partial charge in [0.05, 0.1) is 16.8 Å². The number of amides is 2. The number of carbonyl (C=O) groups is 2. The molecule has 27 heavy (non-hydrogen) atoms. The lowest BCUT2D eigenvalue weighted by molar-refractivity contribution is 0.0565. The largest absolute Gasteiger partial charge is 0.456 e. The van der Waals surface area contributed by atoms with Gasteiger partial charge in [-0.1, -0.05) is 44.4 Å². The monoisotopic (exact) mass is 370 g/mol. The highest BCUT2D eigenvalue weighted by Gasteiger charge is 2.14. The molecule has 0 radical (unpaired) electrons. The van der Waals surface area contributed by atoms with E-state index in [9.17, 15) is 9.59 Å². The van der Waals surface area contributed by atoms with E-state index in [0.717, 1.165) is 35.9 Å². The summed E-state index contributed by atoms with van der Waals surface area (Å²) in [6.45, 7) is 3.77. The number of nitrogens with zero attached hydrogens (tertiary/aromatic N) is 2. The summed E-state index contributed by atoms with van der Waals surface area (Å²) in [5, 5.41) is 4.48. The summed E-state index contributed by atoms with van der Waals surface area (Å²) in [6, 6.07) is 8.56. The maximum Gasteiger partial charge on any atom is 0.339 e. The van der Waals surface area contributed by atoms with Crippen molar-refractivity contribution in [2.45, 2.75) is 46.0 Å². The lowest BCUT2D eigenvalue weighted by Gasteiger charge is -2.10. The number of nitrogens with one attached hydrogen (secondary N) is 1. The Morgan fingerprint density at radius 2 is 2.00 bits per heavy atom. The predicted molar refractivity (Wildman–Crippen MR) is 106 cm³/mol. The Kier molecular flexibility index (Phi) is 7.73. The Balaban J connectivity index is 2.15. The number of urea groups is 1. The van der Waals surface area contributed by atoms with Crippen molar-refractivity contribution in [1.82, 2.24) is 10.4 Å². The van der Waals surface area contributed by atoms with Crippen LogP contribution in [0.5, 0.6) is 0 Å². The van der Waals surface area contributed by atoms with Gasteiger partial charge >= 0.3 is 12.0 Å². The number of hydrazone groups is 1. The average molecular weight is 370 g/mol. The second-order valence-electron chi connectivity index (χ2n) is 6.39. The number of fused-ring (bicyclic) bond motifs is 1. The number of hydrogen-bond donors (Lipinski definition) is 2. The van der Waals surface area contributed by atoms with Crippen molar-refractivity contribution in [2.24, 2.45) is 10.8 Å². The van der Waals surface area contributed by atoms with E-state index in [1.807, 2.05) is 30.3 Å². The molecule has 2 amide bonds. The number of aryl methyl sites for hydroxylation is 1. The molecule has 0 spiro atoms. The molecule has 0 fully saturated rings. The number of carbonyl (C=O) groups excluding carboxylic acids is 2. The molecule has 3 N–H and O–H groups in total. The minimum absolute atomic E-state index is 0.0401. The molecule has 0 bridgehead atoms. The molecule has 7 heteroatoms. The smallest absolute Gasteiger partial charge is 0.339 e. The van der Waals surface area contributed by atoms with E-state index in [2.05, 4.69) is 22.4 Å². The van der Waals surface area contributed by atoms with Gasteiger partial charge < -0.3 is 10.5 Å². The topological polar surface area (TPSA) is 107 Å². The molecule has 2 rings (SSSR count). The number of para-hydroxylation sites is 1. The van der Waals surface area contributed by atoms with E-state index in [0.29, 0.717) is 11.3 Å². The third-order valence-corrected chi connectivity index (χ3v) is 4.04. The number of ether oxygens (including phenoxy) is 1. The first-order valence-electron chi connectivity index (χ1n) is 9.15. The summed E-state index contributed by atoms with van der Waals surface area (Å²) < 4.78 is 5.34. The standard InChI is InChI=1S/C20H26N4O3/c1-3-4-5-6-9-15-12-17(16-10-7-8-11-18(16)22-15)19(25)27-13-14(2)23-24-20(21)26/h7-8,10-12H,3-6,9,13H2,1-2H3,(H3,21,24,26). The first kappa shape index (κ1) is 20.4. The summed E-state index contributed by atoms with van der Waals surface area (Å²) in [7, 11) is 0. The fourth-order valence-corrected chi connectivity index (χ4v) is 2.69. The molecule has 0 atom stereocenters. The van der Waals surface area contributed by atoms with E-state index in [4.69, 9.17) is 10.5 Å². The van der Waals surface area contributed by atoms with Crippen LogP contribution in [0.4, 0.5) is 4.79 Å². The normalized spacial score (nSPS) is 11.4. The van der Waals surface area contributed by atoms with Crippen molar-refractivity contribution in [3.05, 3.63) is 41.6 Å². The van der Waals surface area contributed by atoms with Crippen LogP contribution in [0.3, 0.4) is 0 Å². The molecule has 1 heterocycles. The Morgan fingerprint density at radius 1 is 1.22 bits per heavy atom. The van der Waals surface area contributed by atoms with E-state index in [-0.39, 0.29) is 6.61 Å². The predicted octanol–water partition coefficient (Wildman–Crippen LogP) is 3.56. The van der Waals surface area contributed by atoms with Crippen LogP contribution in [-0.2, 0) is 11.2 Å². The minimum Gasteiger partial charge on any atom is -0.456 e. The maximum absolute atomic E-state index is 12.6. The molecule has 2 aromatic rings. The van der Waals surface area contributed by atoms with Crippen LogP contribution in [0.1, 0.15) is 55.6 Å². The highest BCUT2D eigenvalue weighted by molar-refractivity contribution is 6.04. The summed E-state index contributed by atoms with van der Waals surface area (Å²) in [5.41, 5.74) is 9.64. The van der Waals surface area contributed by atoms with Gasteiger partial charge in [0.2, 0.25) is 0 Å². The zero-order valence-electron chi connectivity index (χ0n) is 15.8. The SMILES string of the molecule is CCCCCCc1cc(C(=O)OCC(C)=NNC(N)=O)c2ccccc2n1. The van der Waals surface area contributed by atoms with Crippen molar-refractivity contribution < 1.29 is 14.3 Å². The van der Waals surface area contributed by atoms with Crippen LogP contribution in [0.25, 0.3) is 10.9 Å². The van der Waals surface area contributed by atoms with Gasteiger partial charge in [-0.2, -0.15) is 5.10 Å². The summed E-state index contributed by atoms with van der Waals surface area (Å²) in [4.78, 5) is 27.9. The number of benzene rings is 1. The molecular formula is C20H26N4O3. The van der Waals surface area contributed by atoms with Crippen molar-refractivity contribution in [3.63, 3.8) is 0 Å². The van der Waals surface area contributed by atoms with Crippen LogP contribution < -0.4 is 11.2 Å². The van der Waals surface area contributed by atoms with E-state index in [1.165, 1.54) is 12.8 Å². The van der Waals surface area contributed by atoms with Crippen LogP contribution >= 0.6 is 0 Å². The Bertz CT molecular complexity index is 833. The third-order valence-electron chi connectivity index (χ3n) is 4.04. The quantitative estimate of drug-likeness (QED) is 0.304. The van der Waals surface area contributed by atoms with Crippen molar-refractivity contribution >= 4 is 28.6 Å². The molecule has 0 saturated carbocycles. The number of primary amides is 1. The Hall–Kier alpha value is -2.96. The fraction of sp³-hybridized carbons (Fsp3) is 0.400. The summed E-state index contributed by atoms with van der Waals surface area (Å²) >= 11 is 0. The molecule has 7 nitrogen and oxygen atoms in total. The summed E-state index contributed by atoms with van der Waals surface area (Å²) in [5.74, 6) is -0.447. The Morgan fingerprint density at radius 3 is 2.74 bits per heavy atom. The average Bonchev–Trinajstić information content (AvgIpc) is 2.67. The number of pyridine rings is 1. The summed E-state index contributed by atoms with van der Waals surface area (Å²) in [6.07, 6.45) is 5.38. The van der Waals surface area contributed by atoms with Crippen LogP contribution in [0.15, 0.2) is 35.4 Å². The molecule has 144 valence electrons. The van der Waals surface area contributed by atoms with Crippen molar-refractivity contribution in [1.29, 1.82) is 0 Å². The second kappa shape index (κ2) is 10.3. The van der Waals surface area contributed by atoms with Gasteiger partial charge in [-0.15, -0.1) is 0 Å².